The van der Waals surface area contributed by atoms with Crippen molar-refractivity contribution in [1.82, 2.24) is 10.3 Å². The SMILES string of the molecule is CCCOCCNCc1cnc2c(C)c(NC(=O)c3ccc(OCC4CCCO4)cc3)ccc2c1. The molecule has 2 aromatic carbocycles. The lowest BCUT2D eigenvalue weighted by atomic mass is 10.1. The van der Waals surface area contributed by atoms with Crippen molar-refractivity contribution in [2.24, 2.45) is 0 Å². The first kappa shape index (κ1) is 25.1. The van der Waals surface area contributed by atoms with Crippen LogP contribution in [0.2, 0.25) is 0 Å². The molecule has 0 spiro atoms. The van der Waals surface area contributed by atoms with Crippen LogP contribution in [-0.4, -0.2) is 50.0 Å². The third kappa shape index (κ3) is 7.01. The van der Waals surface area contributed by atoms with Crippen LogP contribution >= 0.6 is 0 Å². The molecule has 0 aliphatic carbocycles. The molecule has 3 aromatic rings. The Kier molecular flexibility index (Phi) is 9.06. The van der Waals surface area contributed by atoms with Crippen molar-refractivity contribution < 1.29 is 19.0 Å². The van der Waals surface area contributed by atoms with Gasteiger partial charge in [-0.25, -0.2) is 0 Å². The van der Waals surface area contributed by atoms with E-state index in [4.69, 9.17) is 14.2 Å². The van der Waals surface area contributed by atoms with E-state index < -0.39 is 0 Å². The summed E-state index contributed by atoms with van der Waals surface area (Å²) in [5.74, 6) is 0.575. The molecular formula is C28H35N3O4. The van der Waals surface area contributed by atoms with E-state index in [0.29, 0.717) is 18.8 Å². The first-order chi connectivity index (χ1) is 17.1. The number of hydrogen-bond donors (Lipinski definition) is 2. The number of pyridine rings is 1. The molecule has 1 aliphatic heterocycles. The van der Waals surface area contributed by atoms with Gasteiger partial charge in [0.25, 0.3) is 5.91 Å². The predicted molar refractivity (Wildman–Crippen MR) is 138 cm³/mol. The van der Waals surface area contributed by atoms with Gasteiger partial charge in [-0.05, 0) is 73.7 Å². The third-order valence-electron chi connectivity index (χ3n) is 6.09. The minimum absolute atomic E-state index is 0.163. The van der Waals surface area contributed by atoms with Gasteiger partial charge in [-0.15, -0.1) is 0 Å². The average Bonchev–Trinajstić information content (AvgIpc) is 3.41. The summed E-state index contributed by atoms with van der Waals surface area (Å²) in [6.45, 7) is 8.50. The zero-order chi connectivity index (χ0) is 24.5. The van der Waals surface area contributed by atoms with Crippen LogP contribution < -0.4 is 15.4 Å². The molecule has 2 heterocycles. The van der Waals surface area contributed by atoms with Crippen molar-refractivity contribution in [2.45, 2.75) is 45.8 Å². The van der Waals surface area contributed by atoms with Crippen molar-refractivity contribution in [1.29, 1.82) is 0 Å². The van der Waals surface area contributed by atoms with Crippen LogP contribution in [0, 0.1) is 6.92 Å². The number of ether oxygens (including phenoxy) is 3. The highest BCUT2D eigenvalue weighted by Gasteiger charge is 2.16. The number of nitrogens with one attached hydrogen (secondary N) is 2. The fourth-order valence-corrected chi connectivity index (χ4v) is 4.11. The Balaban J connectivity index is 1.33. The quantitative estimate of drug-likeness (QED) is 0.362. The van der Waals surface area contributed by atoms with Crippen LogP contribution in [0.4, 0.5) is 5.69 Å². The summed E-state index contributed by atoms with van der Waals surface area (Å²) in [6.07, 6.45) is 5.21. The molecule has 0 radical (unpaired) electrons. The Morgan fingerprint density at radius 3 is 2.80 bits per heavy atom. The van der Waals surface area contributed by atoms with Crippen molar-refractivity contribution in [3.05, 3.63) is 65.4 Å². The molecule has 4 rings (SSSR count). The summed E-state index contributed by atoms with van der Waals surface area (Å²) in [5.41, 5.74) is 4.28. The highest BCUT2D eigenvalue weighted by molar-refractivity contribution is 6.06. The van der Waals surface area contributed by atoms with Gasteiger partial charge in [0.15, 0.2) is 0 Å². The Labute approximate surface area is 207 Å². The second-order valence-electron chi connectivity index (χ2n) is 8.87. The van der Waals surface area contributed by atoms with E-state index in [1.54, 1.807) is 12.1 Å². The molecule has 1 atom stereocenters. The first-order valence-corrected chi connectivity index (χ1v) is 12.5. The maximum atomic E-state index is 12.8. The second kappa shape index (κ2) is 12.6. The monoisotopic (exact) mass is 477 g/mol. The van der Waals surface area contributed by atoms with Gasteiger partial charge in [0.1, 0.15) is 12.4 Å². The Morgan fingerprint density at radius 1 is 1.17 bits per heavy atom. The molecule has 7 heteroatoms. The van der Waals surface area contributed by atoms with E-state index in [1.165, 1.54) is 0 Å². The number of amides is 1. The van der Waals surface area contributed by atoms with Crippen LogP contribution in [0.15, 0.2) is 48.7 Å². The minimum Gasteiger partial charge on any atom is -0.491 e. The van der Waals surface area contributed by atoms with Crippen molar-refractivity contribution >= 4 is 22.5 Å². The number of carbonyl (C=O) groups is 1. The lowest BCUT2D eigenvalue weighted by Gasteiger charge is -2.13. The van der Waals surface area contributed by atoms with Gasteiger partial charge in [-0.1, -0.05) is 13.0 Å². The molecule has 1 saturated heterocycles. The zero-order valence-corrected chi connectivity index (χ0v) is 20.6. The topological polar surface area (TPSA) is 81.7 Å². The summed E-state index contributed by atoms with van der Waals surface area (Å²) in [6, 6.07) is 13.3. The maximum Gasteiger partial charge on any atom is 0.255 e. The summed E-state index contributed by atoms with van der Waals surface area (Å²) in [4.78, 5) is 17.5. The van der Waals surface area contributed by atoms with Crippen LogP contribution in [-0.2, 0) is 16.0 Å². The highest BCUT2D eigenvalue weighted by atomic mass is 16.5. The van der Waals surface area contributed by atoms with Gasteiger partial charge >= 0.3 is 0 Å². The number of carbonyl (C=O) groups excluding carboxylic acids is 1. The van der Waals surface area contributed by atoms with E-state index >= 15 is 0 Å². The van der Waals surface area contributed by atoms with Gasteiger partial charge in [0, 0.05) is 49.1 Å². The first-order valence-electron chi connectivity index (χ1n) is 12.5. The van der Waals surface area contributed by atoms with E-state index in [9.17, 15) is 4.79 Å². The number of aromatic nitrogens is 1. The van der Waals surface area contributed by atoms with Crippen molar-refractivity contribution in [3.63, 3.8) is 0 Å². The van der Waals surface area contributed by atoms with Crippen LogP contribution in [0.25, 0.3) is 10.9 Å². The van der Waals surface area contributed by atoms with Gasteiger partial charge in [-0.2, -0.15) is 0 Å². The van der Waals surface area contributed by atoms with Crippen molar-refractivity contribution in [2.75, 3.05) is 38.3 Å². The minimum atomic E-state index is -0.163. The van der Waals surface area contributed by atoms with E-state index in [0.717, 1.165) is 79.0 Å². The molecule has 1 aromatic heterocycles. The predicted octanol–water partition coefficient (Wildman–Crippen LogP) is 4.87. The van der Waals surface area contributed by atoms with E-state index in [1.807, 2.05) is 37.4 Å². The molecule has 0 saturated carbocycles. The fourth-order valence-electron chi connectivity index (χ4n) is 4.11. The molecule has 1 aliphatic rings. The van der Waals surface area contributed by atoms with Gasteiger partial charge < -0.3 is 24.8 Å². The van der Waals surface area contributed by atoms with Gasteiger partial charge in [0.2, 0.25) is 0 Å². The molecule has 186 valence electrons. The molecule has 1 unspecified atom stereocenters. The van der Waals surface area contributed by atoms with Crippen LogP contribution in [0.1, 0.15) is 47.7 Å². The summed E-state index contributed by atoms with van der Waals surface area (Å²) in [7, 11) is 0. The van der Waals surface area contributed by atoms with E-state index in [2.05, 4.69) is 28.6 Å². The van der Waals surface area contributed by atoms with Gasteiger partial charge in [-0.3, -0.25) is 9.78 Å². The number of benzene rings is 2. The van der Waals surface area contributed by atoms with Crippen LogP contribution in [0.3, 0.4) is 0 Å². The van der Waals surface area contributed by atoms with Gasteiger partial charge in [0.05, 0.1) is 18.2 Å². The number of nitrogens with zero attached hydrogens (tertiary/aromatic N) is 1. The Hall–Kier alpha value is -3.00. The molecule has 1 amide bonds. The number of fused-ring (bicyclic) bond motifs is 1. The molecule has 1 fully saturated rings. The second-order valence-corrected chi connectivity index (χ2v) is 8.87. The standard InChI is InChI=1S/C28H35N3O4/c1-3-13-33-15-12-29-17-21-16-23-8-11-26(20(2)27(23)30-18-21)31-28(32)22-6-9-24(10-7-22)35-19-25-5-4-14-34-25/h6-11,16,18,25,29H,3-5,12-15,17,19H2,1-2H3,(H,31,32). The third-order valence-corrected chi connectivity index (χ3v) is 6.09. The summed E-state index contributed by atoms with van der Waals surface area (Å²) >= 11 is 0. The number of rotatable bonds is 12. The lowest BCUT2D eigenvalue weighted by Crippen LogP contribution is -2.19. The molecule has 0 bridgehead atoms. The maximum absolute atomic E-state index is 12.8. The molecular weight excluding hydrogens is 442 g/mol. The largest absolute Gasteiger partial charge is 0.491 e. The highest BCUT2D eigenvalue weighted by Crippen LogP contribution is 2.25. The number of anilines is 1. The van der Waals surface area contributed by atoms with E-state index in [-0.39, 0.29) is 12.0 Å². The normalized spacial score (nSPS) is 15.4. The van der Waals surface area contributed by atoms with Crippen LogP contribution in [0.5, 0.6) is 5.75 Å². The van der Waals surface area contributed by atoms with Crippen molar-refractivity contribution in [3.8, 4) is 5.75 Å². The fraction of sp³-hybridized carbons (Fsp3) is 0.429. The molecule has 7 nitrogen and oxygen atoms in total. The Bertz CT molecular complexity index is 1110. The smallest absolute Gasteiger partial charge is 0.255 e. The number of aryl methyl sites for hydroxylation is 1. The number of hydrogen-bond acceptors (Lipinski definition) is 6. The summed E-state index contributed by atoms with van der Waals surface area (Å²) in [5, 5.41) is 7.46. The zero-order valence-electron chi connectivity index (χ0n) is 20.6. The summed E-state index contributed by atoms with van der Waals surface area (Å²) < 4.78 is 16.9. The molecule has 35 heavy (non-hydrogen) atoms. The molecule has 2 N–H and O–H groups in total. The Morgan fingerprint density at radius 2 is 2.03 bits per heavy atom. The average molecular weight is 478 g/mol. The lowest BCUT2D eigenvalue weighted by molar-refractivity contribution is 0.0679.